The molecule has 4 aromatic rings. The molecule has 0 aliphatic carbocycles. The van der Waals surface area contributed by atoms with Crippen molar-refractivity contribution >= 4 is 33.5 Å². The lowest BCUT2D eigenvalue weighted by molar-refractivity contribution is -0.0368. The Morgan fingerprint density at radius 2 is 2.10 bits per heavy atom. The quantitative estimate of drug-likeness (QED) is 0.326. The molecule has 160 valence electrons. The van der Waals surface area contributed by atoms with Gasteiger partial charge in [-0.3, -0.25) is 0 Å². The molecule has 3 heterocycles. The van der Waals surface area contributed by atoms with Crippen LogP contribution in [0.15, 0.2) is 36.5 Å². The van der Waals surface area contributed by atoms with Crippen LogP contribution >= 0.6 is 22.6 Å². The summed E-state index contributed by atoms with van der Waals surface area (Å²) in [6.45, 7) is 2.63. The zero-order chi connectivity index (χ0) is 21.5. The lowest BCUT2D eigenvalue weighted by Crippen LogP contribution is -2.19. The third-order valence-electron chi connectivity index (χ3n) is 5.77. The topological polar surface area (TPSA) is 76.0 Å². The first-order valence-corrected chi connectivity index (χ1v) is 11.5. The van der Waals surface area contributed by atoms with E-state index in [2.05, 4.69) is 32.6 Å². The maximum atomic E-state index is 16.1. The zero-order valence-corrected chi connectivity index (χ0v) is 19.2. The molecule has 6 nitrogen and oxygen atoms in total. The monoisotopic (exact) mass is 532 g/mol. The van der Waals surface area contributed by atoms with E-state index >= 15 is 4.39 Å². The van der Waals surface area contributed by atoms with Crippen LogP contribution in [-0.4, -0.2) is 31.5 Å². The van der Waals surface area contributed by atoms with E-state index in [0.717, 1.165) is 34.1 Å². The number of hydrogen-bond donors (Lipinski definition) is 2. The van der Waals surface area contributed by atoms with Gasteiger partial charge in [-0.25, -0.2) is 14.1 Å². The van der Waals surface area contributed by atoms with E-state index in [-0.39, 0.29) is 17.8 Å². The standard InChI is InChI=1S/C23H22FIN4O2/c1-2-13-11-14(30)6-7-15(13)16-8-9-17-21(23-26-12-18(25)27-23)28-29(22(17)20(16)24)19-5-3-4-10-31-19/h6-9,11-12,19,30H,2-5,10H2,1H3,(H,26,27). The molecule has 1 atom stereocenters. The number of halogens is 2. The van der Waals surface area contributed by atoms with Crippen LogP contribution in [0.25, 0.3) is 33.5 Å². The summed E-state index contributed by atoms with van der Waals surface area (Å²) in [5.74, 6) is 0.444. The summed E-state index contributed by atoms with van der Waals surface area (Å²) in [6.07, 6.45) is 4.90. The van der Waals surface area contributed by atoms with Crippen LogP contribution < -0.4 is 0 Å². The maximum Gasteiger partial charge on any atom is 0.159 e. The van der Waals surface area contributed by atoms with Gasteiger partial charge in [0.05, 0.1) is 9.90 Å². The van der Waals surface area contributed by atoms with E-state index in [1.165, 1.54) is 0 Å². The lowest BCUT2D eigenvalue weighted by atomic mass is 9.96. The van der Waals surface area contributed by atoms with Crippen LogP contribution in [0.4, 0.5) is 4.39 Å². The number of aromatic hydroxyl groups is 1. The fraction of sp³-hybridized carbons (Fsp3) is 0.304. The van der Waals surface area contributed by atoms with E-state index in [4.69, 9.17) is 9.84 Å². The zero-order valence-electron chi connectivity index (χ0n) is 17.0. The summed E-state index contributed by atoms with van der Waals surface area (Å²) in [7, 11) is 0. The number of H-pyrrole nitrogens is 1. The van der Waals surface area contributed by atoms with Crippen LogP contribution in [0.1, 0.15) is 38.0 Å². The van der Waals surface area contributed by atoms with Gasteiger partial charge >= 0.3 is 0 Å². The molecule has 31 heavy (non-hydrogen) atoms. The summed E-state index contributed by atoms with van der Waals surface area (Å²) < 4.78 is 24.6. The van der Waals surface area contributed by atoms with Crippen molar-refractivity contribution in [2.24, 2.45) is 0 Å². The second-order valence-electron chi connectivity index (χ2n) is 7.71. The molecule has 0 amide bonds. The average Bonchev–Trinajstić information content (AvgIpc) is 3.39. The first-order chi connectivity index (χ1) is 15.1. The van der Waals surface area contributed by atoms with Gasteiger partial charge in [0, 0.05) is 17.6 Å². The van der Waals surface area contributed by atoms with Gasteiger partial charge in [-0.1, -0.05) is 19.1 Å². The van der Waals surface area contributed by atoms with E-state index in [0.29, 0.717) is 41.0 Å². The summed E-state index contributed by atoms with van der Waals surface area (Å²) in [5, 5.41) is 15.3. The van der Waals surface area contributed by atoms with E-state index < -0.39 is 0 Å². The van der Waals surface area contributed by atoms with Gasteiger partial charge in [-0.2, -0.15) is 5.10 Å². The molecule has 2 aromatic carbocycles. The highest BCUT2D eigenvalue weighted by Gasteiger charge is 2.26. The predicted molar refractivity (Wildman–Crippen MR) is 125 cm³/mol. The lowest BCUT2D eigenvalue weighted by Gasteiger charge is -2.23. The molecule has 1 fully saturated rings. The largest absolute Gasteiger partial charge is 0.508 e. The van der Waals surface area contributed by atoms with Crippen molar-refractivity contribution in [1.82, 2.24) is 19.7 Å². The number of aromatic nitrogens is 4. The van der Waals surface area contributed by atoms with E-state index in [9.17, 15) is 5.11 Å². The normalized spacial score (nSPS) is 16.8. The first kappa shape index (κ1) is 20.4. The minimum absolute atomic E-state index is 0.178. The second kappa shape index (κ2) is 8.23. The highest BCUT2D eigenvalue weighted by atomic mass is 127. The number of imidazole rings is 1. The molecule has 1 unspecified atom stereocenters. The van der Waals surface area contributed by atoms with Gasteiger partial charge in [0.25, 0.3) is 0 Å². The number of aromatic amines is 1. The van der Waals surface area contributed by atoms with Crippen molar-refractivity contribution in [3.63, 3.8) is 0 Å². The van der Waals surface area contributed by atoms with E-state index in [1.807, 2.05) is 13.0 Å². The number of phenols is 1. The molecular formula is C23H22FIN4O2. The molecule has 2 N–H and O–H groups in total. The highest BCUT2D eigenvalue weighted by Crippen LogP contribution is 2.38. The Kier molecular flexibility index (Phi) is 5.43. The van der Waals surface area contributed by atoms with Crippen LogP contribution in [0.3, 0.4) is 0 Å². The first-order valence-electron chi connectivity index (χ1n) is 10.4. The molecule has 0 saturated carbocycles. The number of phenolic OH excluding ortho intramolecular Hbond substituents is 1. The Hall–Kier alpha value is -2.46. The van der Waals surface area contributed by atoms with Crippen LogP contribution in [0, 0.1) is 9.52 Å². The Labute approximate surface area is 192 Å². The van der Waals surface area contributed by atoms with Crippen molar-refractivity contribution in [2.45, 2.75) is 38.8 Å². The molecule has 8 heteroatoms. The summed E-state index contributed by atoms with van der Waals surface area (Å²) in [5.41, 5.74) is 3.17. The van der Waals surface area contributed by atoms with Crippen LogP contribution in [0.5, 0.6) is 5.75 Å². The van der Waals surface area contributed by atoms with Gasteiger partial charge in [0.15, 0.2) is 17.9 Å². The molecule has 0 spiro atoms. The van der Waals surface area contributed by atoms with Crippen molar-refractivity contribution in [3.05, 3.63) is 51.6 Å². The third-order valence-corrected chi connectivity index (χ3v) is 6.31. The fourth-order valence-corrected chi connectivity index (χ4v) is 4.65. The number of nitrogens with zero attached hydrogens (tertiary/aromatic N) is 3. The Balaban J connectivity index is 1.76. The van der Waals surface area contributed by atoms with Crippen LogP contribution in [0.2, 0.25) is 0 Å². The highest BCUT2D eigenvalue weighted by molar-refractivity contribution is 14.1. The van der Waals surface area contributed by atoms with Crippen molar-refractivity contribution < 1.29 is 14.2 Å². The summed E-state index contributed by atoms with van der Waals surface area (Å²) >= 11 is 2.16. The number of rotatable bonds is 4. The van der Waals surface area contributed by atoms with Gasteiger partial charge < -0.3 is 14.8 Å². The van der Waals surface area contributed by atoms with Crippen molar-refractivity contribution in [3.8, 4) is 28.4 Å². The van der Waals surface area contributed by atoms with Gasteiger partial charge in [0.1, 0.15) is 17.0 Å². The Bertz CT molecular complexity index is 1260. The molecule has 1 saturated heterocycles. The number of hydrogen-bond acceptors (Lipinski definition) is 4. The molecular weight excluding hydrogens is 510 g/mol. The smallest absolute Gasteiger partial charge is 0.159 e. The number of aryl methyl sites for hydroxylation is 1. The third kappa shape index (κ3) is 3.61. The van der Waals surface area contributed by atoms with Gasteiger partial charge in [-0.15, -0.1) is 0 Å². The molecule has 2 aromatic heterocycles. The molecule has 0 radical (unpaired) electrons. The molecule has 1 aliphatic rings. The predicted octanol–water partition coefficient (Wildman–Crippen LogP) is 5.80. The fourth-order valence-electron chi connectivity index (χ4n) is 4.25. The van der Waals surface area contributed by atoms with Crippen molar-refractivity contribution in [1.29, 1.82) is 0 Å². The molecule has 1 aliphatic heterocycles. The number of benzene rings is 2. The minimum atomic E-state index is -0.341. The summed E-state index contributed by atoms with van der Waals surface area (Å²) in [6, 6.07) is 8.74. The maximum absolute atomic E-state index is 16.1. The number of nitrogens with one attached hydrogen (secondary N) is 1. The summed E-state index contributed by atoms with van der Waals surface area (Å²) in [4.78, 5) is 7.61. The number of ether oxygens (including phenoxy) is 1. The van der Waals surface area contributed by atoms with Crippen LogP contribution in [-0.2, 0) is 11.2 Å². The van der Waals surface area contributed by atoms with Gasteiger partial charge in [0.2, 0.25) is 0 Å². The average molecular weight is 532 g/mol. The second-order valence-corrected chi connectivity index (χ2v) is 8.87. The molecule has 0 bridgehead atoms. The van der Waals surface area contributed by atoms with Gasteiger partial charge in [-0.05, 0) is 77.6 Å². The SMILES string of the molecule is CCc1cc(O)ccc1-c1ccc2c(-c3ncc(I)[nH]3)nn(C3CCCCO3)c2c1F. The Morgan fingerprint density at radius 3 is 2.81 bits per heavy atom. The van der Waals surface area contributed by atoms with Crippen molar-refractivity contribution in [2.75, 3.05) is 6.61 Å². The van der Waals surface area contributed by atoms with E-state index in [1.54, 1.807) is 35.1 Å². The number of fused-ring (bicyclic) bond motifs is 1. The minimum Gasteiger partial charge on any atom is -0.508 e. The molecule has 5 rings (SSSR count). The Morgan fingerprint density at radius 1 is 1.26 bits per heavy atom.